The summed E-state index contributed by atoms with van der Waals surface area (Å²) in [5.41, 5.74) is 1.38. The number of aromatic nitrogens is 1. The summed E-state index contributed by atoms with van der Waals surface area (Å²) < 4.78 is 75.5. The van der Waals surface area contributed by atoms with Crippen molar-refractivity contribution in [2.75, 3.05) is 0 Å². The Hall–Kier alpha value is -2.61. The van der Waals surface area contributed by atoms with Crippen LogP contribution < -0.4 is 0 Å². The van der Waals surface area contributed by atoms with Gasteiger partial charge in [0, 0.05) is 34.9 Å². The molecule has 0 bridgehead atoms. The quantitative estimate of drug-likeness (QED) is 0.458. The van der Waals surface area contributed by atoms with Gasteiger partial charge in [0.25, 0.3) is 0 Å². The second kappa shape index (κ2) is 4.70. The monoisotopic (exact) mass is 296 g/mol. The van der Waals surface area contributed by atoms with E-state index in [0.29, 0.717) is 22.0 Å². The minimum Gasteiger partial charge on any atom is -0.455 e. The smallest absolute Gasteiger partial charge is 0.145 e. The molecule has 0 fully saturated rings. The van der Waals surface area contributed by atoms with E-state index < -0.39 is 20.6 Å². The average molecular weight is 296 g/mol. The van der Waals surface area contributed by atoms with Gasteiger partial charge in [-0.2, -0.15) is 0 Å². The lowest BCUT2D eigenvalue weighted by atomic mass is 10.0. The molecule has 0 atom stereocenters. The van der Waals surface area contributed by atoms with Crippen LogP contribution in [0.4, 0.5) is 0 Å². The normalized spacial score (nSPS) is 19.2. The van der Waals surface area contributed by atoms with Crippen LogP contribution in [0.25, 0.3) is 33.2 Å². The number of furan rings is 1. The molecule has 108 valence electrons. The fourth-order valence-corrected chi connectivity index (χ4v) is 2.66. The van der Waals surface area contributed by atoms with Gasteiger partial charge in [-0.25, -0.2) is 0 Å². The van der Waals surface area contributed by atoms with E-state index in [1.807, 2.05) is 0 Å². The van der Waals surface area contributed by atoms with Crippen molar-refractivity contribution in [1.29, 1.82) is 0 Å². The molecule has 0 aliphatic rings. The zero-order chi connectivity index (χ0) is 22.8. The fourth-order valence-electron chi connectivity index (χ4n) is 2.66. The van der Waals surface area contributed by atoms with Crippen LogP contribution in [0, 0.1) is 20.6 Å². The van der Waals surface area contributed by atoms with E-state index in [2.05, 4.69) is 4.98 Å². The van der Waals surface area contributed by atoms with Gasteiger partial charge in [-0.15, -0.1) is 0 Å². The first kappa shape index (κ1) is 6.66. The van der Waals surface area contributed by atoms with Crippen LogP contribution in [0.15, 0.2) is 53.1 Å². The van der Waals surface area contributed by atoms with Crippen molar-refractivity contribution in [3.05, 3.63) is 65.4 Å². The molecule has 2 nitrogen and oxygen atoms in total. The van der Waals surface area contributed by atoms with Gasteiger partial charge >= 0.3 is 0 Å². The summed E-state index contributed by atoms with van der Waals surface area (Å²) in [5.74, 6) is 0. The maximum absolute atomic E-state index is 7.91. The number of fused-ring (bicyclic) bond motifs is 3. The molecule has 2 heterocycles. The number of hydrogen-bond acceptors (Lipinski definition) is 2. The van der Waals surface area contributed by atoms with Gasteiger partial charge in [0.1, 0.15) is 11.2 Å². The molecule has 0 amide bonds. The Kier molecular flexibility index (Phi) is 1.42. The number of rotatable bonds is 1. The molecule has 0 aliphatic carbocycles. The van der Waals surface area contributed by atoms with Crippen LogP contribution in [0.3, 0.4) is 0 Å². The second-order valence-electron chi connectivity index (χ2n) is 5.11. The van der Waals surface area contributed by atoms with Crippen LogP contribution in [-0.2, 0) is 0 Å². The van der Waals surface area contributed by atoms with Crippen LogP contribution in [0.2, 0.25) is 0 Å². The molecule has 0 saturated heterocycles. The largest absolute Gasteiger partial charge is 0.455 e. The summed E-state index contributed by atoms with van der Waals surface area (Å²) in [7, 11) is 0. The first-order valence-electron chi connectivity index (χ1n) is 11.2. The Bertz CT molecular complexity index is 1300. The van der Waals surface area contributed by atoms with Crippen LogP contribution in [0.1, 0.15) is 29.0 Å². The minimum absolute atomic E-state index is 0.0543. The molecule has 2 aromatic heterocycles. The summed E-state index contributed by atoms with van der Waals surface area (Å²) in [6.45, 7) is -7.12. The van der Waals surface area contributed by atoms with E-state index in [4.69, 9.17) is 16.8 Å². The molecule has 4 rings (SSSR count). The minimum atomic E-state index is -2.44. The predicted octanol–water partition coefficient (Wildman–Crippen LogP) is 5.57. The Morgan fingerprint density at radius 3 is 2.73 bits per heavy atom. The second-order valence-corrected chi connectivity index (χ2v) is 5.11. The van der Waals surface area contributed by atoms with E-state index >= 15 is 0 Å². The predicted molar refractivity (Wildman–Crippen MR) is 91.2 cm³/mol. The Morgan fingerprint density at radius 2 is 1.86 bits per heavy atom. The molecule has 0 spiro atoms. The van der Waals surface area contributed by atoms with E-state index in [1.54, 1.807) is 0 Å². The van der Waals surface area contributed by atoms with Crippen LogP contribution in [-0.4, -0.2) is 4.98 Å². The van der Waals surface area contributed by atoms with Gasteiger partial charge in [0.2, 0.25) is 0 Å². The third kappa shape index (κ3) is 1.92. The molecule has 0 unspecified atom stereocenters. The standard InChI is InChI=1S/C20H17NO/c1-12-4-6-16-18(11-12)22-20-15(7-5-14(3)19(16)20)17-10-13(2)8-9-21-17/h4-11H,1-3H3/i1D3,2D3,3D3. The maximum atomic E-state index is 7.91. The lowest BCUT2D eigenvalue weighted by Gasteiger charge is -2.04. The molecular formula is C20H17NO. The molecule has 0 saturated carbocycles. The summed E-state index contributed by atoms with van der Waals surface area (Å²) in [6, 6.07) is 10.1. The number of aryl methyl sites for hydroxylation is 3. The highest BCUT2D eigenvalue weighted by molar-refractivity contribution is 6.11. The van der Waals surface area contributed by atoms with Crippen molar-refractivity contribution in [2.45, 2.75) is 20.6 Å². The number of nitrogens with zero attached hydrogens (tertiary/aromatic N) is 1. The van der Waals surface area contributed by atoms with Gasteiger partial charge in [-0.3, -0.25) is 4.98 Å². The summed E-state index contributed by atoms with van der Waals surface area (Å²) in [6.07, 6.45) is 1.37. The average Bonchev–Trinajstić information content (AvgIpc) is 3.04. The van der Waals surface area contributed by atoms with Crippen molar-refractivity contribution in [3.8, 4) is 11.3 Å². The third-order valence-corrected chi connectivity index (χ3v) is 3.66. The summed E-state index contributed by atoms with van der Waals surface area (Å²) >= 11 is 0. The van der Waals surface area contributed by atoms with Gasteiger partial charge in [-0.1, -0.05) is 18.2 Å². The highest BCUT2D eigenvalue weighted by atomic mass is 16.3. The third-order valence-electron chi connectivity index (χ3n) is 3.66. The highest BCUT2D eigenvalue weighted by Crippen LogP contribution is 2.37. The highest BCUT2D eigenvalue weighted by Gasteiger charge is 2.15. The molecule has 4 aromatic rings. The van der Waals surface area contributed by atoms with Crippen molar-refractivity contribution in [1.82, 2.24) is 4.98 Å². The van der Waals surface area contributed by atoms with Crippen molar-refractivity contribution in [3.63, 3.8) is 0 Å². The summed E-state index contributed by atoms with van der Waals surface area (Å²) in [5, 5.41) is 0.786. The Balaban J connectivity index is 2.07. The van der Waals surface area contributed by atoms with E-state index in [9.17, 15) is 0 Å². The topological polar surface area (TPSA) is 26.0 Å². The molecular weight excluding hydrogens is 270 g/mol. The van der Waals surface area contributed by atoms with Crippen molar-refractivity contribution in [2.24, 2.45) is 0 Å². The molecule has 0 radical (unpaired) electrons. The van der Waals surface area contributed by atoms with Crippen molar-refractivity contribution >= 4 is 21.9 Å². The SMILES string of the molecule is [2H]C([2H])([2H])c1ccnc(-c2ccc(C([2H])([2H])[2H])c3c2oc2cc(C([2H])([2H])[2H])ccc23)c1. The van der Waals surface area contributed by atoms with E-state index in [0.717, 1.165) is 0 Å². The van der Waals surface area contributed by atoms with Crippen LogP contribution in [0.5, 0.6) is 0 Å². The zero-order valence-electron chi connectivity index (χ0n) is 20.5. The van der Waals surface area contributed by atoms with Crippen LogP contribution >= 0.6 is 0 Å². The number of benzene rings is 2. The Labute approximate surface area is 142 Å². The lowest BCUT2D eigenvalue weighted by Crippen LogP contribution is -1.86. The van der Waals surface area contributed by atoms with E-state index in [1.165, 1.54) is 48.7 Å². The summed E-state index contributed by atoms with van der Waals surface area (Å²) in [4.78, 5) is 4.25. The Morgan fingerprint density at radius 1 is 0.955 bits per heavy atom. The molecule has 0 N–H and O–H groups in total. The fraction of sp³-hybridized carbons (Fsp3) is 0.150. The zero-order valence-corrected chi connectivity index (χ0v) is 11.5. The van der Waals surface area contributed by atoms with Gasteiger partial charge < -0.3 is 4.42 Å². The maximum Gasteiger partial charge on any atom is 0.145 e. The number of hydrogen-bond donors (Lipinski definition) is 0. The van der Waals surface area contributed by atoms with E-state index in [-0.39, 0.29) is 27.9 Å². The van der Waals surface area contributed by atoms with Gasteiger partial charge in [0.15, 0.2) is 0 Å². The number of pyridine rings is 1. The lowest BCUT2D eigenvalue weighted by molar-refractivity contribution is 0.669. The van der Waals surface area contributed by atoms with Crippen molar-refractivity contribution < 1.29 is 16.8 Å². The van der Waals surface area contributed by atoms with Gasteiger partial charge in [0.05, 0.1) is 5.69 Å². The molecule has 0 aliphatic heterocycles. The first-order valence-corrected chi connectivity index (χ1v) is 6.74. The molecule has 2 aromatic carbocycles. The molecule has 22 heavy (non-hydrogen) atoms. The molecule has 2 heteroatoms. The van der Waals surface area contributed by atoms with Gasteiger partial charge in [-0.05, 0) is 61.5 Å². The first-order chi connectivity index (χ1) is 14.3.